The van der Waals surface area contributed by atoms with Gasteiger partial charge in [0.25, 0.3) is 0 Å². The molecule has 0 aromatic heterocycles. The molecule has 0 radical (unpaired) electrons. The van der Waals surface area contributed by atoms with Gasteiger partial charge in [-0.25, -0.2) is 0 Å². The van der Waals surface area contributed by atoms with E-state index in [2.05, 4.69) is 10.5 Å². The molecule has 1 aromatic rings. The van der Waals surface area contributed by atoms with Crippen molar-refractivity contribution >= 4 is 22.8 Å². The first-order valence-corrected chi connectivity index (χ1v) is 5.95. The van der Waals surface area contributed by atoms with Gasteiger partial charge in [-0.05, 0) is 30.7 Å². The Bertz CT molecular complexity index is 542. The van der Waals surface area contributed by atoms with E-state index in [9.17, 15) is 10.4 Å². The molecule has 1 unspecified atom stereocenters. The van der Waals surface area contributed by atoms with Gasteiger partial charge in [0.05, 0.1) is 11.4 Å². The van der Waals surface area contributed by atoms with Crippen molar-refractivity contribution < 1.29 is 10.4 Å². The third kappa shape index (κ3) is 3.06. The van der Waals surface area contributed by atoms with E-state index in [0.29, 0.717) is 0 Å². The van der Waals surface area contributed by atoms with Crippen molar-refractivity contribution in [1.82, 2.24) is 0 Å². The van der Waals surface area contributed by atoms with E-state index >= 15 is 0 Å². The molecule has 0 saturated heterocycles. The third-order valence-corrected chi connectivity index (χ3v) is 3.00. The number of nitrogens with zero attached hydrogens (tertiary/aromatic N) is 3. The molecule has 20 heavy (non-hydrogen) atoms. The van der Waals surface area contributed by atoms with Crippen LogP contribution < -0.4 is 15.9 Å². The van der Waals surface area contributed by atoms with Crippen molar-refractivity contribution in [3.05, 3.63) is 40.8 Å². The Morgan fingerprint density at radius 2 is 2.10 bits per heavy atom. The molecule has 0 saturated carbocycles. The van der Waals surface area contributed by atoms with E-state index in [-0.39, 0.29) is 28.2 Å². The second-order valence-electron chi connectivity index (χ2n) is 4.44. The van der Waals surface area contributed by atoms with Crippen LogP contribution in [0, 0.1) is 16.3 Å². The summed E-state index contributed by atoms with van der Waals surface area (Å²) in [5.74, 6) is 0.281. The summed E-state index contributed by atoms with van der Waals surface area (Å²) in [6.45, 7) is 2.02. The predicted molar refractivity (Wildman–Crippen MR) is 75.7 cm³/mol. The first kappa shape index (κ1) is 14.3. The minimum absolute atomic E-state index is 0.154. The number of anilines is 3. The van der Waals surface area contributed by atoms with E-state index in [1.807, 2.05) is 19.1 Å². The highest BCUT2D eigenvalue weighted by molar-refractivity contribution is 5.99. The van der Waals surface area contributed by atoms with Crippen molar-refractivity contribution in [1.29, 1.82) is 0 Å². The van der Waals surface area contributed by atoms with Crippen LogP contribution in [-0.2, 0) is 0 Å². The molecular formula is C12H14N4O4-2. The van der Waals surface area contributed by atoms with Gasteiger partial charge in [0.1, 0.15) is 5.69 Å². The number of nitrogens with one attached hydrogen (secondary N) is 1. The first-order valence-electron chi connectivity index (χ1n) is 5.95. The van der Waals surface area contributed by atoms with Gasteiger partial charge in [-0.2, -0.15) is 5.10 Å². The maximum absolute atomic E-state index is 10.7. The molecule has 0 fully saturated rings. The Hall–Kier alpha value is -2.13. The number of allylic oxidation sites excluding steroid dienone is 2. The number of hydrazone groups is 1. The Balaban J connectivity index is 2.25. The molecule has 1 atom stereocenters. The molecule has 2 rings (SSSR count). The number of rotatable bonds is 4. The van der Waals surface area contributed by atoms with Gasteiger partial charge in [0.2, 0.25) is 0 Å². The molecule has 3 N–H and O–H groups in total. The fourth-order valence-electron chi connectivity index (χ4n) is 1.84. The zero-order valence-electron chi connectivity index (χ0n) is 10.7. The molecule has 1 aromatic carbocycles. The molecule has 0 spiro atoms. The van der Waals surface area contributed by atoms with Crippen molar-refractivity contribution in [2.75, 3.05) is 15.9 Å². The summed E-state index contributed by atoms with van der Waals surface area (Å²) in [5.41, 5.74) is 3.36. The minimum Gasteiger partial charge on any atom is -0.769 e. The zero-order chi connectivity index (χ0) is 14.7. The third-order valence-electron chi connectivity index (χ3n) is 3.00. The van der Waals surface area contributed by atoms with E-state index in [0.717, 1.165) is 18.2 Å². The molecule has 0 heterocycles. The van der Waals surface area contributed by atoms with E-state index in [4.69, 9.17) is 10.4 Å². The molecule has 0 aliphatic heterocycles. The topological polar surface area (TPSA) is 117 Å². The van der Waals surface area contributed by atoms with Gasteiger partial charge >= 0.3 is 0 Å². The summed E-state index contributed by atoms with van der Waals surface area (Å²) >= 11 is 0. The lowest BCUT2D eigenvalue weighted by Gasteiger charge is -2.37. The largest absolute Gasteiger partial charge is 0.769 e. The van der Waals surface area contributed by atoms with Gasteiger partial charge in [0.15, 0.2) is 0 Å². The summed E-state index contributed by atoms with van der Waals surface area (Å²) < 4.78 is 0. The van der Waals surface area contributed by atoms with Gasteiger partial charge in [-0.1, -0.05) is 13.0 Å². The second kappa shape index (κ2) is 5.88. The monoisotopic (exact) mass is 278 g/mol. The minimum atomic E-state index is -0.621. The van der Waals surface area contributed by atoms with E-state index in [1.54, 1.807) is 0 Å². The van der Waals surface area contributed by atoms with Crippen LogP contribution in [-0.4, -0.2) is 16.1 Å². The zero-order valence-corrected chi connectivity index (χ0v) is 10.7. The Morgan fingerprint density at radius 1 is 1.35 bits per heavy atom. The number of benzene rings is 1. The lowest BCUT2D eigenvalue weighted by molar-refractivity contribution is 0.0295. The summed E-state index contributed by atoms with van der Waals surface area (Å²) in [5, 5.41) is 42.9. The average molecular weight is 278 g/mol. The van der Waals surface area contributed by atoms with E-state index in [1.165, 1.54) is 12.1 Å². The van der Waals surface area contributed by atoms with Crippen LogP contribution in [0.4, 0.5) is 17.1 Å². The quantitative estimate of drug-likeness (QED) is 0.724. The van der Waals surface area contributed by atoms with Gasteiger partial charge in [0, 0.05) is 11.6 Å². The van der Waals surface area contributed by atoms with Gasteiger partial charge < -0.3 is 15.6 Å². The number of hydrogen-bond acceptors (Lipinski definition) is 8. The fourth-order valence-corrected chi connectivity index (χ4v) is 1.84. The van der Waals surface area contributed by atoms with Crippen LogP contribution in [0.1, 0.15) is 13.3 Å². The molecule has 0 amide bonds. The van der Waals surface area contributed by atoms with Crippen molar-refractivity contribution in [2.24, 2.45) is 11.0 Å². The molecule has 108 valence electrons. The van der Waals surface area contributed by atoms with Crippen LogP contribution in [0.2, 0.25) is 0 Å². The summed E-state index contributed by atoms with van der Waals surface area (Å²) in [4.78, 5) is 0. The SMILES string of the molecule is CC1CC=CC1=NNc1ccc(N([O-])[O-])cc1N(O)O. The Morgan fingerprint density at radius 3 is 2.65 bits per heavy atom. The van der Waals surface area contributed by atoms with Crippen LogP contribution in [0.15, 0.2) is 35.5 Å². The lowest BCUT2D eigenvalue weighted by atomic mass is 10.1. The highest BCUT2D eigenvalue weighted by Crippen LogP contribution is 2.29. The normalized spacial score (nSPS) is 19.4. The first-order chi connectivity index (χ1) is 9.49. The van der Waals surface area contributed by atoms with E-state index < -0.39 is 5.23 Å². The Kier molecular flexibility index (Phi) is 4.20. The van der Waals surface area contributed by atoms with Gasteiger partial charge in [-0.15, -0.1) is 5.23 Å². The highest BCUT2D eigenvalue weighted by atomic mass is 16.8. The Labute approximate surface area is 115 Å². The maximum Gasteiger partial charge on any atom is 0.121 e. The number of hydrogen-bond donors (Lipinski definition) is 3. The predicted octanol–water partition coefficient (Wildman–Crippen LogP) is 2.44. The van der Waals surface area contributed by atoms with Crippen LogP contribution >= 0.6 is 0 Å². The van der Waals surface area contributed by atoms with Crippen LogP contribution in [0.25, 0.3) is 0 Å². The van der Waals surface area contributed by atoms with Crippen LogP contribution in [0.5, 0.6) is 0 Å². The summed E-state index contributed by atoms with van der Waals surface area (Å²) in [7, 11) is 0. The van der Waals surface area contributed by atoms with Gasteiger partial charge in [-0.3, -0.25) is 15.8 Å². The smallest absolute Gasteiger partial charge is 0.121 e. The average Bonchev–Trinajstić information content (AvgIpc) is 2.81. The highest BCUT2D eigenvalue weighted by Gasteiger charge is 2.13. The molecule has 1 aliphatic carbocycles. The lowest BCUT2D eigenvalue weighted by Crippen LogP contribution is -2.15. The van der Waals surface area contributed by atoms with Crippen molar-refractivity contribution in [2.45, 2.75) is 13.3 Å². The molecule has 0 bridgehead atoms. The molecule has 8 nitrogen and oxygen atoms in total. The standard InChI is InChI=1S/C12H14N4O4/c1-8-3-2-4-10(8)13-14-11-6-5-9(15(17)18)7-12(11)16(19)20/h2,4-8,14,19-20H,3H2,1H3/q-2. The molecular weight excluding hydrogens is 264 g/mol. The second-order valence-corrected chi connectivity index (χ2v) is 4.44. The maximum atomic E-state index is 10.7. The fraction of sp³-hybridized carbons (Fsp3) is 0.250. The molecule has 1 aliphatic rings. The van der Waals surface area contributed by atoms with Crippen molar-refractivity contribution in [3.8, 4) is 0 Å². The summed E-state index contributed by atoms with van der Waals surface area (Å²) in [6, 6.07) is 3.65. The summed E-state index contributed by atoms with van der Waals surface area (Å²) in [6.07, 6.45) is 4.77. The molecule has 8 heteroatoms. The van der Waals surface area contributed by atoms with Crippen LogP contribution in [0.3, 0.4) is 0 Å². The van der Waals surface area contributed by atoms with Crippen molar-refractivity contribution in [3.63, 3.8) is 0 Å².